The molecule has 1 aliphatic rings. The van der Waals surface area contributed by atoms with Crippen molar-refractivity contribution in [1.29, 1.82) is 0 Å². The van der Waals surface area contributed by atoms with Gasteiger partial charge in [-0.05, 0) is 17.7 Å². The largest absolute Gasteiger partial charge is 0.340 e. The van der Waals surface area contributed by atoms with Crippen molar-refractivity contribution >= 4 is 17.5 Å². The number of piperazine rings is 1. The molecule has 0 spiro atoms. The number of nitrogens with two attached hydrogens (primary N) is 1. The SMILES string of the molecule is NCc1nc(CN2CCN(C(=O)Cc3ccc(Cl)cc3)CC2)no1. The summed E-state index contributed by atoms with van der Waals surface area (Å²) >= 11 is 5.87. The molecule has 0 unspecified atom stereocenters. The van der Waals surface area contributed by atoms with Gasteiger partial charge in [0.05, 0.1) is 19.5 Å². The first kappa shape index (κ1) is 16.9. The van der Waals surface area contributed by atoms with E-state index >= 15 is 0 Å². The lowest BCUT2D eigenvalue weighted by molar-refractivity contribution is -0.132. The molecule has 0 saturated carbocycles. The van der Waals surface area contributed by atoms with E-state index in [0.717, 1.165) is 18.7 Å². The molecule has 0 radical (unpaired) electrons. The highest BCUT2D eigenvalue weighted by atomic mass is 35.5. The minimum absolute atomic E-state index is 0.141. The van der Waals surface area contributed by atoms with Gasteiger partial charge in [-0.15, -0.1) is 0 Å². The number of carbonyl (C=O) groups is 1. The van der Waals surface area contributed by atoms with Crippen LogP contribution in [-0.4, -0.2) is 52.0 Å². The molecule has 128 valence electrons. The summed E-state index contributed by atoms with van der Waals surface area (Å²) in [5.41, 5.74) is 6.44. The van der Waals surface area contributed by atoms with Crippen LogP contribution in [0.1, 0.15) is 17.3 Å². The second-order valence-electron chi connectivity index (χ2n) is 5.77. The summed E-state index contributed by atoms with van der Waals surface area (Å²) in [7, 11) is 0. The number of aromatic nitrogens is 2. The lowest BCUT2D eigenvalue weighted by Gasteiger charge is -2.34. The first-order valence-electron chi connectivity index (χ1n) is 7.90. The predicted octanol–water partition coefficient (Wildman–Crippen LogP) is 1.07. The monoisotopic (exact) mass is 349 g/mol. The van der Waals surface area contributed by atoms with Gasteiger partial charge in [-0.2, -0.15) is 4.98 Å². The van der Waals surface area contributed by atoms with Crippen molar-refractivity contribution in [2.24, 2.45) is 5.73 Å². The number of halogens is 1. The molecule has 2 heterocycles. The number of benzene rings is 1. The van der Waals surface area contributed by atoms with Crippen molar-refractivity contribution in [2.75, 3.05) is 26.2 Å². The molecule has 7 nitrogen and oxygen atoms in total. The van der Waals surface area contributed by atoms with Crippen LogP contribution < -0.4 is 5.73 Å². The highest BCUT2D eigenvalue weighted by Gasteiger charge is 2.22. The Morgan fingerprint density at radius 1 is 1.21 bits per heavy atom. The van der Waals surface area contributed by atoms with E-state index in [1.807, 2.05) is 29.2 Å². The quantitative estimate of drug-likeness (QED) is 0.868. The highest BCUT2D eigenvalue weighted by Crippen LogP contribution is 2.12. The van der Waals surface area contributed by atoms with Crippen molar-refractivity contribution in [3.05, 3.63) is 46.6 Å². The van der Waals surface area contributed by atoms with E-state index in [0.29, 0.717) is 42.8 Å². The summed E-state index contributed by atoms with van der Waals surface area (Å²) in [4.78, 5) is 20.7. The third-order valence-corrected chi connectivity index (χ3v) is 4.30. The van der Waals surface area contributed by atoms with Gasteiger partial charge in [-0.3, -0.25) is 9.69 Å². The average Bonchev–Trinajstić information content (AvgIpc) is 3.05. The fraction of sp³-hybridized carbons (Fsp3) is 0.438. The topological polar surface area (TPSA) is 88.5 Å². The van der Waals surface area contributed by atoms with Crippen molar-refractivity contribution in [1.82, 2.24) is 19.9 Å². The van der Waals surface area contributed by atoms with Crippen molar-refractivity contribution in [3.8, 4) is 0 Å². The zero-order valence-electron chi connectivity index (χ0n) is 13.3. The maximum atomic E-state index is 12.4. The van der Waals surface area contributed by atoms with Crippen LogP contribution in [0.5, 0.6) is 0 Å². The van der Waals surface area contributed by atoms with Crippen molar-refractivity contribution in [2.45, 2.75) is 19.5 Å². The zero-order valence-corrected chi connectivity index (χ0v) is 14.1. The average molecular weight is 350 g/mol. The summed E-state index contributed by atoms with van der Waals surface area (Å²) in [6.45, 7) is 3.85. The third-order valence-electron chi connectivity index (χ3n) is 4.04. The van der Waals surface area contributed by atoms with Crippen LogP contribution in [0, 0.1) is 0 Å². The fourth-order valence-corrected chi connectivity index (χ4v) is 2.81. The molecular formula is C16H20ClN5O2. The third kappa shape index (κ3) is 4.31. The summed E-state index contributed by atoms with van der Waals surface area (Å²) in [6, 6.07) is 7.40. The van der Waals surface area contributed by atoms with Gasteiger partial charge < -0.3 is 15.2 Å². The molecule has 2 N–H and O–H groups in total. The Morgan fingerprint density at radius 3 is 2.54 bits per heavy atom. The van der Waals surface area contributed by atoms with E-state index in [2.05, 4.69) is 15.0 Å². The standard InChI is InChI=1S/C16H20ClN5O2/c17-13-3-1-12(2-4-13)9-16(23)22-7-5-21(6-8-22)11-14-19-15(10-18)24-20-14/h1-4H,5-11,18H2. The molecule has 1 amide bonds. The maximum absolute atomic E-state index is 12.4. The maximum Gasteiger partial charge on any atom is 0.240 e. The Morgan fingerprint density at radius 2 is 1.92 bits per heavy atom. The zero-order chi connectivity index (χ0) is 16.9. The molecule has 8 heteroatoms. The molecule has 1 aliphatic heterocycles. The lowest BCUT2D eigenvalue weighted by atomic mass is 10.1. The fourth-order valence-electron chi connectivity index (χ4n) is 2.68. The van der Waals surface area contributed by atoms with Crippen LogP contribution in [0.25, 0.3) is 0 Å². The molecule has 1 aromatic carbocycles. The van der Waals surface area contributed by atoms with E-state index < -0.39 is 0 Å². The summed E-state index contributed by atoms with van der Waals surface area (Å²) < 4.78 is 5.00. The summed E-state index contributed by atoms with van der Waals surface area (Å²) in [5.74, 6) is 1.22. The van der Waals surface area contributed by atoms with E-state index in [1.54, 1.807) is 0 Å². The van der Waals surface area contributed by atoms with Crippen LogP contribution in [-0.2, 0) is 24.3 Å². The van der Waals surface area contributed by atoms with Gasteiger partial charge in [0.25, 0.3) is 0 Å². The van der Waals surface area contributed by atoms with Gasteiger partial charge in [0.1, 0.15) is 0 Å². The van der Waals surface area contributed by atoms with Gasteiger partial charge in [-0.25, -0.2) is 0 Å². The Kier molecular flexibility index (Phi) is 5.44. The Labute approximate surface area is 145 Å². The van der Waals surface area contributed by atoms with Crippen LogP contribution in [0.2, 0.25) is 5.02 Å². The number of hydrogen-bond acceptors (Lipinski definition) is 6. The molecule has 2 aromatic rings. The summed E-state index contributed by atoms with van der Waals surface area (Å²) in [6.07, 6.45) is 0.405. The Bertz CT molecular complexity index is 680. The molecule has 0 aliphatic carbocycles. The number of carbonyl (C=O) groups excluding carboxylic acids is 1. The van der Waals surface area contributed by atoms with Gasteiger partial charge >= 0.3 is 0 Å². The second-order valence-corrected chi connectivity index (χ2v) is 6.21. The van der Waals surface area contributed by atoms with Crippen LogP contribution in [0.4, 0.5) is 0 Å². The minimum atomic E-state index is 0.141. The van der Waals surface area contributed by atoms with Gasteiger partial charge in [0, 0.05) is 31.2 Å². The number of hydrogen-bond donors (Lipinski definition) is 1. The number of amides is 1. The molecule has 0 bridgehead atoms. The molecule has 24 heavy (non-hydrogen) atoms. The Hall–Kier alpha value is -1.96. The smallest absolute Gasteiger partial charge is 0.240 e. The first-order chi connectivity index (χ1) is 11.6. The molecule has 0 atom stereocenters. The molecular weight excluding hydrogens is 330 g/mol. The number of rotatable bonds is 5. The lowest BCUT2D eigenvalue weighted by Crippen LogP contribution is -2.48. The molecule has 3 rings (SSSR count). The first-order valence-corrected chi connectivity index (χ1v) is 8.28. The van der Waals surface area contributed by atoms with Crippen LogP contribution in [0.3, 0.4) is 0 Å². The van der Waals surface area contributed by atoms with Crippen LogP contribution >= 0.6 is 11.6 Å². The van der Waals surface area contributed by atoms with Crippen molar-refractivity contribution < 1.29 is 9.32 Å². The molecule has 1 aromatic heterocycles. The minimum Gasteiger partial charge on any atom is -0.340 e. The van der Waals surface area contributed by atoms with E-state index in [9.17, 15) is 4.79 Å². The van der Waals surface area contributed by atoms with Gasteiger partial charge in [-0.1, -0.05) is 28.9 Å². The molecule has 1 saturated heterocycles. The predicted molar refractivity (Wildman–Crippen MR) is 89.2 cm³/mol. The van der Waals surface area contributed by atoms with Gasteiger partial charge in [0.15, 0.2) is 5.82 Å². The van der Waals surface area contributed by atoms with E-state index in [4.69, 9.17) is 21.9 Å². The molecule has 1 fully saturated rings. The number of nitrogens with zero attached hydrogens (tertiary/aromatic N) is 4. The van der Waals surface area contributed by atoms with Gasteiger partial charge in [0.2, 0.25) is 11.8 Å². The second kappa shape index (κ2) is 7.74. The summed E-state index contributed by atoms with van der Waals surface area (Å²) in [5, 5.41) is 4.58. The normalized spacial score (nSPS) is 15.7. The van der Waals surface area contributed by atoms with E-state index in [-0.39, 0.29) is 12.5 Å². The van der Waals surface area contributed by atoms with Crippen LogP contribution in [0.15, 0.2) is 28.8 Å². The van der Waals surface area contributed by atoms with E-state index in [1.165, 1.54) is 0 Å². The highest BCUT2D eigenvalue weighted by molar-refractivity contribution is 6.30. The van der Waals surface area contributed by atoms with Crippen molar-refractivity contribution in [3.63, 3.8) is 0 Å². The Balaban J connectivity index is 1.47.